The average Bonchev–Trinajstić information content (AvgIpc) is 2.32. The van der Waals surface area contributed by atoms with Gasteiger partial charge in [0.05, 0.1) is 0 Å². The average molecular weight is 270 g/mol. The zero-order valence-corrected chi connectivity index (χ0v) is 12.0. The van der Waals surface area contributed by atoms with Crippen molar-refractivity contribution in [2.75, 3.05) is 6.26 Å². The van der Waals surface area contributed by atoms with Crippen molar-refractivity contribution in [2.24, 2.45) is 5.10 Å². The van der Waals surface area contributed by atoms with Crippen LogP contribution in [-0.4, -0.2) is 26.2 Å². The van der Waals surface area contributed by atoms with E-state index in [0.29, 0.717) is 11.7 Å². The van der Waals surface area contributed by atoms with Crippen LogP contribution in [0.4, 0.5) is 0 Å². The minimum atomic E-state index is -0.502. The molecular weight excluding hydrogens is 252 g/mol. The van der Waals surface area contributed by atoms with E-state index in [9.17, 15) is 9.59 Å². The van der Waals surface area contributed by atoms with Gasteiger partial charge in [0.15, 0.2) is 5.16 Å². The molecule has 0 unspecified atom stereocenters. The molecule has 100 valence electrons. The van der Waals surface area contributed by atoms with Gasteiger partial charge in [0, 0.05) is 12.3 Å². The molecule has 1 heterocycles. The first-order valence-corrected chi connectivity index (χ1v) is 7.03. The molecule has 0 N–H and O–H groups in total. The third-order valence-corrected chi connectivity index (χ3v) is 2.86. The van der Waals surface area contributed by atoms with E-state index >= 15 is 0 Å². The highest BCUT2D eigenvalue weighted by molar-refractivity contribution is 7.98. The van der Waals surface area contributed by atoms with E-state index < -0.39 is 11.4 Å². The Balaban J connectivity index is 3.44. The minimum absolute atomic E-state index is 0.318. The summed E-state index contributed by atoms with van der Waals surface area (Å²) in [4.78, 5) is 27.8. The number of rotatable bonds is 5. The van der Waals surface area contributed by atoms with E-state index in [2.05, 4.69) is 10.1 Å². The maximum absolute atomic E-state index is 12.2. The number of nitrogens with zero attached hydrogens (tertiary/aromatic N) is 4. The Bertz CT molecular complexity index is 555. The monoisotopic (exact) mass is 270 g/mol. The number of unbranched alkanes of at least 4 members (excludes halogenated alkanes) is 1. The summed E-state index contributed by atoms with van der Waals surface area (Å²) in [7, 11) is 0. The first-order valence-electron chi connectivity index (χ1n) is 5.81. The lowest BCUT2D eigenvalue weighted by Crippen LogP contribution is -2.41. The van der Waals surface area contributed by atoms with E-state index in [4.69, 9.17) is 0 Å². The molecule has 7 heteroatoms. The molecule has 0 atom stereocenters. The molecule has 1 aromatic rings. The van der Waals surface area contributed by atoms with E-state index in [0.717, 1.165) is 23.1 Å². The standard InChI is InChI=1S/C11H18N4O2S/c1-5-6-7-14-9(16)12-10(18-4)15(11(14)17)13-8(2)3/h5-7H2,1-4H3. The summed E-state index contributed by atoms with van der Waals surface area (Å²) in [5, 5.41) is 4.44. The Morgan fingerprint density at radius 2 is 2.06 bits per heavy atom. The second kappa shape index (κ2) is 6.53. The van der Waals surface area contributed by atoms with Gasteiger partial charge in [-0.15, -0.1) is 0 Å². The normalized spacial score (nSPS) is 10.4. The molecule has 0 bridgehead atoms. The van der Waals surface area contributed by atoms with Crippen molar-refractivity contribution in [3.8, 4) is 0 Å². The highest BCUT2D eigenvalue weighted by atomic mass is 32.2. The van der Waals surface area contributed by atoms with Crippen LogP contribution in [0, 0.1) is 0 Å². The lowest BCUT2D eigenvalue weighted by molar-refractivity contribution is 0.501. The van der Waals surface area contributed by atoms with Crippen molar-refractivity contribution < 1.29 is 0 Å². The summed E-state index contributed by atoms with van der Waals surface area (Å²) in [5.41, 5.74) is -0.193. The summed E-state index contributed by atoms with van der Waals surface area (Å²) < 4.78 is 2.33. The third kappa shape index (κ3) is 3.32. The second-order valence-electron chi connectivity index (χ2n) is 4.03. The summed E-state index contributed by atoms with van der Waals surface area (Å²) in [5.74, 6) is 0. The van der Waals surface area contributed by atoms with Gasteiger partial charge in [-0.2, -0.15) is 14.8 Å². The fraction of sp³-hybridized carbons (Fsp3) is 0.636. The van der Waals surface area contributed by atoms with E-state index in [-0.39, 0.29) is 0 Å². The molecule has 0 saturated heterocycles. The molecule has 0 aliphatic rings. The van der Waals surface area contributed by atoms with Gasteiger partial charge in [0.25, 0.3) is 0 Å². The van der Waals surface area contributed by atoms with Gasteiger partial charge in [-0.3, -0.25) is 0 Å². The van der Waals surface area contributed by atoms with Gasteiger partial charge in [0.2, 0.25) is 0 Å². The second-order valence-corrected chi connectivity index (χ2v) is 4.80. The molecule has 0 fully saturated rings. The highest BCUT2D eigenvalue weighted by Gasteiger charge is 2.11. The Labute approximate surface area is 110 Å². The van der Waals surface area contributed by atoms with Gasteiger partial charge >= 0.3 is 11.4 Å². The van der Waals surface area contributed by atoms with Crippen LogP contribution in [0.15, 0.2) is 19.8 Å². The summed E-state index contributed by atoms with van der Waals surface area (Å²) in [6.07, 6.45) is 3.44. The van der Waals surface area contributed by atoms with Crippen LogP contribution < -0.4 is 11.4 Å². The zero-order chi connectivity index (χ0) is 13.7. The summed E-state index contributed by atoms with van der Waals surface area (Å²) in [6, 6.07) is 0. The zero-order valence-electron chi connectivity index (χ0n) is 11.1. The summed E-state index contributed by atoms with van der Waals surface area (Å²) >= 11 is 1.23. The van der Waals surface area contributed by atoms with Crippen LogP contribution in [0.2, 0.25) is 0 Å². The predicted molar refractivity (Wildman–Crippen MR) is 73.6 cm³/mol. The van der Waals surface area contributed by atoms with E-state index in [1.807, 2.05) is 6.92 Å². The molecule has 0 aromatic carbocycles. The maximum Gasteiger partial charge on any atom is 0.355 e. The predicted octanol–water partition coefficient (Wildman–Crippen LogP) is 1.17. The van der Waals surface area contributed by atoms with Crippen LogP contribution in [0.5, 0.6) is 0 Å². The topological polar surface area (TPSA) is 69.2 Å². The lowest BCUT2D eigenvalue weighted by atomic mass is 10.3. The first kappa shape index (κ1) is 14.7. The fourth-order valence-electron chi connectivity index (χ4n) is 1.39. The number of thioether (sulfide) groups is 1. The smallest absolute Gasteiger partial charge is 0.245 e. The molecule has 0 aliphatic carbocycles. The molecule has 0 amide bonds. The first-order chi connectivity index (χ1) is 8.51. The van der Waals surface area contributed by atoms with Crippen LogP contribution in [0.1, 0.15) is 33.6 Å². The Hall–Kier alpha value is -1.37. The van der Waals surface area contributed by atoms with E-state index in [1.165, 1.54) is 16.4 Å². The van der Waals surface area contributed by atoms with Crippen molar-refractivity contribution in [1.82, 2.24) is 14.2 Å². The van der Waals surface area contributed by atoms with Crippen LogP contribution in [-0.2, 0) is 6.54 Å². The van der Waals surface area contributed by atoms with Gasteiger partial charge in [-0.1, -0.05) is 25.1 Å². The maximum atomic E-state index is 12.2. The van der Waals surface area contributed by atoms with Crippen LogP contribution >= 0.6 is 11.8 Å². The Kier molecular flexibility index (Phi) is 5.33. The van der Waals surface area contributed by atoms with Gasteiger partial charge in [-0.25, -0.2) is 14.2 Å². The molecule has 0 spiro atoms. The van der Waals surface area contributed by atoms with Crippen molar-refractivity contribution in [3.63, 3.8) is 0 Å². The van der Waals surface area contributed by atoms with Gasteiger partial charge in [-0.05, 0) is 26.5 Å². The van der Waals surface area contributed by atoms with Crippen molar-refractivity contribution in [1.29, 1.82) is 0 Å². The lowest BCUT2D eigenvalue weighted by Gasteiger charge is -2.08. The van der Waals surface area contributed by atoms with Crippen LogP contribution in [0.3, 0.4) is 0 Å². The van der Waals surface area contributed by atoms with Gasteiger partial charge in [0.1, 0.15) is 0 Å². The van der Waals surface area contributed by atoms with E-state index in [1.54, 1.807) is 20.1 Å². The van der Waals surface area contributed by atoms with Crippen molar-refractivity contribution in [3.05, 3.63) is 21.0 Å². The fourth-order valence-corrected chi connectivity index (χ4v) is 1.85. The van der Waals surface area contributed by atoms with Crippen molar-refractivity contribution >= 4 is 17.5 Å². The third-order valence-electron chi connectivity index (χ3n) is 2.23. The molecule has 0 aliphatic heterocycles. The molecule has 1 rings (SSSR count). The molecule has 6 nitrogen and oxygen atoms in total. The number of hydrogen-bond acceptors (Lipinski definition) is 5. The molecule has 1 aromatic heterocycles. The highest BCUT2D eigenvalue weighted by Crippen LogP contribution is 2.06. The van der Waals surface area contributed by atoms with Crippen LogP contribution in [0.25, 0.3) is 0 Å². The molecule has 0 radical (unpaired) electrons. The largest absolute Gasteiger partial charge is 0.355 e. The Morgan fingerprint density at radius 1 is 1.39 bits per heavy atom. The molecule has 18 heavy (non-hydrogen) atoms. The Morgan fingerprint density at radius 3 is 2.56 bits per heavy atom. The number of aromatic nitrogens is 3. The SMILES string of the molecule is CCCCn1c(=O)nc(SC)n(N=C(C)C)c1=O. The molecular formula is C11H18N4O2S. The summed E-state index contributed by atoms with van der Waals surface area (Å²) in [6.45, 7) is 5.96. The number of hydrogen-bond donors (Lipinski definition) is 0. The quantitative estimate of drug-likeness (QED) is 0.595. The van der Waals surface area contributed by atoms with Gasteiger partial charge < -0.3 is 0 Å². The minimum Gasteiger partial charge on any atom is -0.245 e. The molecule has 0 saturated carbocycles. The van der Waals surface area contributed by atoms with Crippen molar-refractivity contribution in [2.45, 2.75) is 45.3 Å².